The van der Waals surface area contributed by atoms with Gasteiger partial charge in [0.25, 0.3) is 0 Å². The minimum absolute atomic E-state index is 0.483. The lowest BCUT2D eigenvalue weighted by atomic mass is 10.1. The van der Waals surface area contributed by atoms with E-state index in [1.54, 1.807) is 0 Å². The maximum absolute atomic E-state index is 6.10. The van der Waals surface area contributed by atoms with Crippen LogP contribution in [-0.4, -0.2) is 19.9 Å². The summed E-state index contributed by atoms with van der Waals surface area (Å²) in [6.45, 7) is 0. The van der Waals surface area contributed by atoms with E-state index in [4.69, 9.17) is 26.6 Å². The average molecular weight is 445 g/mol. The Hall–Kier alpha value is -4.15. The fourth-order valence-electron chi connectivity index (χ4n) is 3.97. The Balaban J connectivity index is 1.55. The number of halogens is 1. The molecule has 5 heteroatoms. The largest absolute Gasteiger partial charge is 0.233 e. The van der Waals surface area contributed by atoms with E-state index in [2.05, 4.69) is 23.2 Å². The predicted octanol–water partition coefficient (Wildman–Crippen LogP) is 7.23. The van der Waals surface area contributed by atoms with Crippen LogP contribution < -0.4 is 0 Å². The van der Waals surface area contributed by atoms with Gasteiger partial charge < -0.3 is 0 Å². The lowest BCUT2D eigenvalue weighted by Gasteiger charge is -2.09. The van der Waals surface area contributed by atoms with E-state index in [1.807, 2.05) is 85.1 Å². The van der Waals surface area contributed by atoms with Crippen molar-refractivity contribution in [3.63, 3.8) is 0 Å². The standard InChI is InChI=1S/C28H17ClN4/c29-21-13-10-20(11-14-21)26-16-25(19-7-2-1-3-8-19)32-28(33-26)27-30-17-23-22-9-5-4-6-18(22)12-15-24(23)31-27/h1-17H. The second kappa shape index (κ2) is 8.08. The number of benzene rings is 4. The molecule has 0 amide bonds. The molecule has 156 valence electrons. The lowest BCUT2D eigenvalue weighted by Crippen LogP contribution is -1.99. The highest BCUT2D eigenvalue weighted by Gasteiger charge is 2.13. The van der Waals surface area contributed by atoms with Gasteiger partial charge >= 0.3 is 0 Å². The maximum Gasteiger partial charge on any atom is 0.198 e. The highest BCUT2D eigenvalue weighted by Crippen LogP contribution is 2.29. The number of hydrogen-bond donors (Lipinski definition) is 0. The summed E-state index contributed by atoms with van der Waals surface area (Å²) in [5, 5.41) is 3.98. The van der Waals surface area contributed by atoms with Crippen LogP contribution in [0.2, 0.25) is 5.02 Å². The fraction of sp³-hybridized carbons (Fsp3) is 0. The fourth-order valence-corrected chi connectivity index (χ4v) is 4.09. The van der Waals surface area contributed by atoms with Gasteiger partial charge in [-0.05, 0) is 35.0 Å². The zero-order valence-electron chi connectivity index (χ0n) is 17.5. The molecule has 0 unspecified atom stereocenters. The third kappa shape index (κ3) is 3.71. The third-order valence-corrected chi connectivity index (χ3v) is 5.88. The molecule has 0 saturated heterocycles. The molecule has 33 heavy (non-hydrogen) atoms. The monoisotopic (exact) mass is 444 g/mol. The first kappa shape index (κ1) is 19.5. The summed E-state index contributed by atoms with van der Waals surface area (Å²) in [6.07, 6.45) is 1.86. The van der Waals surface area contributed by atoms with Crippen molar-refractivity contribution in [2.45, 2.75) is 0 Å². The molecule has 0 bridgehead atoms. The minimum Gasteiger partial charge on any atom is -0.233 e. The Morgan fingerprint density at radius 3 is 2.03 bits per heavy atom. The van der Waals surface area contributed by atoms with E-state index >= 15 is 0 Å². The minimum atomic E-state index is 0.483. The van der Waals surface area contributed by atoms with Crippen LogP contribution >= 0.6 is 11.6 Å². The molecule has 6 aromatic rings. The van der Waals surface area contributed by atoms with Crippen molar-refractivity contribution in [1.82, 2.24) is 19.9 Å². The number of aromatic nitrogens is 4. The van der Waals surface area contributed by atoms with Gasteiger partial charge in [-0.1, -0.05) is 84.4 Å². The van der Waals surface area contributed by atoms with Crippen molar-refractivity contribution in [3.05, 3.63) is 108 Å². The van der Waals surface area contributed by atoms with Gasteiger partial charge in [-0.3, -0.25) is 0 Å². The van der Waals surface area contributed by atoms with Crippen LogP contribution in [0.15, 0.2) is 103 Å². The molecule has 0 saturated carbocycles. The summed E-state index contributed by atoms with van der Waals surface area (Å²) >= 11 is 6.10. The van der Waals surface area contributed by atoms with Crippen LogP contribution in [0.25, 0.3) is 55.8 Å². The summed E-state index contributed by atoms with van der Waals surface area (Å²) in [6, 6.07) is 32.0. The van der Waals surface area contributed by atoms with Gasteiger partial charge in [0.15, 0.2) is 11.6 Å². The van der Waals surface area contributed by atoms with E-state index in [1.165, 1.54) is 0 Å². The van der Waals surface area contributed by atoms with Crippen LogP contribution in [-0.2, 0) is 0 Å². The van der Waals surface area contributed by atoms with E-state index in [0.29, 0.717) is 16.7 Å². The van der Waals surface area contributed by atoms with Gasteiger partial charge in [-0.15, -0.1) is 0 Å². The van der Waals surface area contributed by atoms with Crippen molar-refractivity contribution in [2.75, 3.05) is 0 Å². The molecule has 4 aromatic carbocycles. The Morgan fingerprint density at radius 2 is 1.24 bits per heavy atom. The van der Waals surface area contributed by atoms with Crippen LogP contribution in [0.3, 0.4) is 0 Å². The van der Waals surface area contributed by atoms with Crippen LogP contribution in [0.5, 0.6) is 0 Å². The first-order valence-corrected chi connectivity index (χ1v) is 11.0. The Labute approximate surface area is 195 Å². The molecular weight excluding hydrogens is 428 g/mol. The Morgan fingerprint density at radius 1 is 0.545 bits per heavy atom. The third-order valence-electron chi connectivity index (χ3n) is 5.63. The highest BCUT2D eigenvalue weighted by atomic mass is 35.5. The molecule has 0 aliphatic heterocycles. The molecular formula is C28H17ClN4. The summed E-state index contributed by atoms with van der Waals surface area (Å²) < 4.78 is 0. The van der Waals surface area contributed by atoms with Crippen molar-refractivity contribution in [3.8, 4) is 34.2 Å². The van der Waals surface area contributed by atoms with E-state index in [9.17, 15) is 0 Å². The molecule has 2 aromatic heterocycles. The van der Waals surface area contributed by atoms with Crippen LogP contribution in [0.1, 0.15) is 0 Å². The molecule has 0 radical (unpaired) electrons. The Kier molecular flexibility index (Phi) is 4.78. The van der Waals surface area contributed by atoms with Crippen molar-refractivity contribution < 1.29 is 0 Å². The lowest BCUT2D eigenvalue weighted by molar-refractivity contribution is 1.11. The van der Waals surface area contributed by atoms with Crippen LogP contribution in [0.4, 0.5) is 0 Å². The molecule has 0 atom stereocenters. The van der Waals surface area contributed by atoms with Gasteiger partial charge in [0.2, 0.25) is 0 Å². The molecule has 4 nitrogen and oxygen atoms in total. The SMILES string of the molecule is Clc1ccc(-c2cc(-c3ccccc3)nc(-c3ncc4c(ccc5ccccc54)n3)n2)cc1. The number of hydrogen-bond acceptors (Lipinski definition) is 4. The van der Waals surface area contributed by atoms with E-state index in [0.717, 1.165) is 44.2 Å². The molecule has 0 N–H and O–H groups in total. The molecule has 0 fully saturated rings. The normalized spacial score (nSPS) is 11.2. The van der Waals surface area contributed by atoms with Gasteiger partial charge in [0, 0.05) is 27.7 Å². The summed E-state index contributed by atoms with van der Waals surface area (Å²) in [5.74, 6) is 0.974. The molecule has 0 aliphatic carbocycles. The summed E-state index contributed by atoms with van der Waals surface area (Å²) in [7, 11) is 0. The van der Waals surface area contributed by atoms with Crippen molar-refractivity contribution >= 4 is 33.3 Å². The second-order valence-corrected chi connectivity index (χ2v) is 8.18. The zero-order valence-corrected chi connectivity index (χ0v) is 18.2. The second-order valence-electron chi connectivity index (χ2n) is 7.75. The van der Waals surface area contributed by atoms with Gasteiger partial charge in [-0.25, -0.2) is 19.9 Å². The zero-order chi connectivity index (χ0) is 22.2. The van der Waals surface area contributed by atoms with Gasteiger partial charge in [0.05, 0.1) is 16.9 Å². The predicted molar refractivity (Wildman–Crippen MR) is 134 cm³/mol. The number of fused-ring (bicyclic) bond motifs is 3. The number of nitrogens with zero attached hydrogens (tertiary/aromatic N) is 4. The topological polar surface area (TPSA) is 51.6 Å². The molecule has 2 heterocycles. The van der Waals surface area contributed by atoms with Crippen molar-refractivity contribution in [2.24, 2.45) is 0 Å². The van der Waals surface area contributed by atoms with E-state index in [-0.39, 0.29) is 0 Å². The van der Waals surface area contributed by atoms with Crippen LogP contribution in [0, 0.1) is 0 Å². The molecule has 0 spiro atoms. The first-order valence-electron chi connectivity index (χ1n) is 10.6. The number of rotatable bonds is 3. The average Bonchev–Trinajstić information content (AvgIpc) is 2.89. The summed E-state index contributed by atoms with van der Waals surface area (Å²) in [4.78, 5) is 19.1. The maximum atomic E-state index is 6.10. The quantitative estimate of drug-likeness (QED) is 0.270. The van der Waals surface area contributed by atoms with Gasteiger partial charge in [0.1, 0.15) is 0 Å². The van der Waals surface area contributed by atoms with E-state index < -0.39 is 0 Å². The smallest absolute Gasteiger partial charge is 0.198 e. The Bertz CT molecular complexity index is 1610. The van der Waals surface area contributed by atoms with Crippen molar-refractivity contribution in [1.29, 1.82) is 0 Å². The summed E-state index contributed by atoms with van der Waals surface area (Å²) in [5.41, 5.74) is 4.42. The molecule has 0 aliphatic rings. The van der Waals surface area contributed by atoms with Gasteiger partial charge in [-0.2, -0.15) is 0 Å². The molecule has 6 rings (SSSR count). The first-order chi connectivity index (χ1) is 16.2. The highest BCUT2D eigenvalue weighted by molar-refractivity contribution is 6.30.